The van der Waals surface area contributed by atoms with Crippen molar-refractivity contribution in [2.24, 2.45) is 11.8 Å². The minimum atomic E-state index is -4.97. The first-order valence-corrected chi connectivity index (χ1v) is 47.5. The maximum Gasteiger partial charge on any atom is 0.472 e. The number of carbonyl (C=O) groups is 4. The van der Waals surface area contributed by atoms with Crippen molar-refractivity contribution in [2.75, 3.05) is 39.6 Å². The number of aliphatic hydroxyl groups excluding tert-OH is 1. The Morgan fingerprint density at radius 3 is 0.724 bits per heavy atom. The number of phosphoric acid groups is 2. The fraction of sp³-hybridized carbons (Fsp3) is 0.953. The molecule has 17 nitrogen and oxygen atoms in total. The molecule has 0 aromatic rings. The van der Waals surface area contributed by atoms with Gasteiger partial charge in [0.2, 0.25) is 0 Å². The number of rotatable bonds is 85. The second-order valence-corrected chi connectivity index (χ2v) is 34.6. The molecule has 0 aliphatic rings. The Bertz CT molecular complexity index is 2010. The largest absolute Gasteiger partial charge is 0.472 e. The fourth-order valence-corrected chi connectivity index (χ4v) is 15.0. The molecule has 19 heteroatoms. The molecular formula is C86H168O17P2. The van der Waals surface area contributed by atoms with Crippen LogP contribution in [0, 0.1) is 11.8 Å². The van der Waals surface area contributed by atoms with E-state index in [9.17, 15) is 43.2 Å². The van der Waals surface area contributed by atoms with E-state index in [1.807, 2.05) is 0 Å². The molecule has 0 radical (unpaired) electrons. The van der Waals surface area contributed by atoms with E-state index in [1.54, 1.807) is 0 Å². The van der Waals surface area contributed by atoms with Gasteiger partial charge in [-0.3, -0.25) is 37.3 Å². The van der Waals surface area contributed by atoms with Crippen LogP contribution >= 0.6 is 15.6 Å². The highest BCUT2D eigenvalue weighted by Crippen LogP contribution is 2.45. The highest BCUT2D eigenvalue weighted by atomic mass is 31.2. The second-order valence-electron chi connectivity index (χ2n) is 31.6. The summed E-state index contributed by atoms with van der Waals surface area (Å²) in [5.74, 6) is -0.575. The average Bonchev–Trinajstić information content (AvgIpc) is 0.908. The van der Waals surface area contributed by atoms with Gasteiger partial charge in [-0.2, -0.15) is 0 Å². The summed E-state index contributed by atoms with van der Waals surface area (Å²) in [6, 6.07) is 0. The summed E-state index contributed by atoms with van der Waals surface area (Å²) in [7, 11) is -9.93. The second kappa shape index (κ2) is 77.4. The van der Waals surface area contributed by atoms with Crippen molar-refractivity contribution in [2.45, 2.75) is 477 Å². The molecule has 624 valence electrons. The van der Waals surface area contributed by atoms with Crippen molar-refractivity contribution in [3.8, 4) is 0 Å². The Balaban J connectivity index is 5.23. The van der Waals surface area contributed by atoms with E-state index in [-0.39, 0.29) is 25.7 Å². The summed E-state index contributed by atoms with van der Waals surface area (Å²) in [6.07, 6.45) is 69.5. The van der Waals surface area contributed by atoms with Crippen LogP contribution in [0.25, 0.3) is 0 Å². The molecule has 0 spiro atoms. The predicted molar refractivity (Wildman–Crippen MR) is 432 cm³/mol. The number of esters is 4. The van der Waals surface area contributed by atoms with Crippen LogP contribution in [0.1, 0.15) is 459 Å². The van der Waals surface area contributed by atoms with Crippen molar-refractivity contribution >= 4 is 39.5 Å². The predicted octanol–water partition coefficient (Wildman–Crippen LogP) is 26.2. The maximum atomic E-state index is 13.1. The first kappa shape index (κ1) is 103. The van der Waals surface area contributed by atoms with Gasteiger partial charge >= 0.3 is 39.5 Å². The first-order valence-electron chi connectivity index (χ1n) is 44.5. The van der Waals surface area contributed by atoms with Gasteiger partial charge in [0, 0.05) is 25.7 Å². The monoisotopic (exact) mass is 1540 g/mol. The minimum absolute atomic E-state index is 0.106. The number of phosphoric ester groups is 2. The third kappa shape index (κ3) is 78.5. The molecule has 0 saturated carbocycles. The lowest BCUT2D eigenvalue weighted by molar-refractivity contribution is -0.161. The minimum Gasteiger partial charge on any atom is -0.462 e. The molecule has 0 aliphatic heterocycles. The number of carbonyl (C=O) groups excluding carboxylic acids is 4. The SMILES string of the molecule is CCCCCCCCCCCCCCCCCCCCCCCCC(=O)O[C@H](COC(=O)CCCCCCCCCCCCCCCCCCCC)COP(=O)(O)OC[C@@H](O)COP(=O)(O)OC[C@@H](COC(=O)CCCCCCCCCCC(C)C)OC(=O)CCCCCCCCCCCCC(C)CC. The normalized spacial score (nSPS) is 14.1. The van der Waals surface area contributed by atoms with E-state index in [1.165, 1.54) is 276 Å². The third-order valence-corrected chi connectivity index (χ3v) is 22.5. The van der Waals surface area contributed by atoms with Crippen molar-refractivity contribution in [3.63, 3.8) is 0 Å². The van der Waals surface area contributed by atoms with Crippen LogP contribution in [-0.2, 0) is 65.4 Å². The van der Waals surface area contributed by atoms with Gasteiger partial charge in [0.1, 0.15) is 19.3 Å². The molecule has 0 heterocycles. The molecule has 0 saturated heterocycles. The number of aliphatic hydroxyl groups is 1. The van der Waals surface area contributed by atoms with Crippen molar-refractivity contribution in [1.82, 2.24) is 0 Å². The molecule has 3 N–H and O–H groups in total. The van der Waals surface area contributed by atoms with Crippen LogP contribution < -0.4 is 0 Å². The lowest BCUT2D eigenvalue weighted by Crippen LogP contribution is -2.30. The van der Waals surface area contributed by atoms with E-state index in [0.29, 0.717) is 25.7 Å². The highest BCUT2D eigenvalue weighted by molar-refractivity contribution is 7.47. The van der Waals surface area contributed by atoms with Gasteiger partial charge in [-0.25, -0.2) is 9.13 Å². The van der Waals surface area contributed by atoms with Gasteiger partial charge in [0.15, 0.2) is 12.2 Å². The summed E-state index contributed by atoms with van der Waals surface area (Å²) in [5, 5.41) is 10.7. The Labute approximate surface area is 645 Å². The van der Waals surface area contributed by atoms with Crippen LogP contribution in [0.5, 0.6) is 0 Å². The average molecular weight is 1540 g/mol. The lowest BCUT2D eigenvalue weighted by atomic mass is 9.99. The Kier molecular flexibility index (Phi) is 76.0. The quantitative estimate of drug-likeness (QED) is 0.0222. The third-order valence-electron chi connectivity index (χ3n) is 20.6. The van der Waals surface area contributed by atoms with Gasteiger partial charge in [-0.1, -0.05) is 408 Å². The molecule has 0 rings (SSSR count). The zero-order valence-electron chi connectivity index (χ0n) is 69.0. The molecule has 6 atom stereocenters. The summed E-state index contributed by atoms with van der Waals surface area (Å²) in [5.41, 5.74) is 0. The molecule has 0 amide bonds. The van der Waals surface area contributed by atoms with Gasteiger partial charge in [0.25, 0.3) is 0 Å². The molecule has 0 bridgehead atoms. The Hall–Kier alpha value is -1.94. The topological polar surface area (TPSA) is 237 Å². The van der Waals surface area contributed by atoms with Crippen LogP contribution in [0.2, 0.25) is 0 Å². The highest BCUT2D eigenvalue weighted by Gasteiger charge is 2.30. The van der Waals surface area contributed by atoms with E-state index in [0.717, 1.165) is 102 Å². The smallest absolute Gasteiger partial charge is 0.462 e. The summed E-state index contributed by atoms with van der Waals surface area (Å²) < 4.78 is 68.9. The Morgan fingerprint density at radius 1 is 0.276 bits per heavy atom. The molecule has 3 unspecified atom stereocenters. The van der Waals surface area contributed by atoms with Crippen LogP contribution in [-0.4, -0.2) is 96.7 Å². The molecule has 0 fully saturated rings. The number of hydrogen-bond donors (Lipinski definition) is 3. The standard InChI is InChI=1S/C86H168O17P2/c1-7-10-12-14-16-18-20-22-24-26-28-29-30-31-33-35-37-39-44-52-58-64-70-85(90)102-81(74-96-83(88)68-62-56-50-43-38-36-34-32-27-25-23-21-19-17-15-13-11-8-2)76-100-104(92,93)98-72-80(87)73-99-105(94,95)101-77-82(75-97-84(89)69-63-57-51-47-46-48-54-60-66-78(4)5)103-86(91)71-65-59-53-45-41-40-42-49-55-61-67-79(6)9-3/h78-82,87H,7-77H2,1-6H3,(H,92,93)(H,94,95)/t79?,80-,81-,82-/m1/s1. The van der Waals surface area contributed by atoms with Gasteiger partial charge in [-0.15, -0.1) is 0 Å². The zero-order valence-corrected chi connectivity index (χ0v) is 70.8. The summed E-state index contributed by atoms with van der Waals surface area (Å²) >= 11 is 0. The fourth-order valence-electron chi connectivity index (χ4n) is 13.4. The molecule has 0 aromatic carbocycles. The van der Waals surface area contributed by atoms with E-state index in [4.69, 9.17) is 37.0 Å². The van der Waals surface area contributed by atoms with E-state index >= 15 is 0 Å². The van der Waals surface area contributed by atoms with Crippen molar-refractivity contribution < 1.29 is 80.2 Å². The van der Waals surface area contributed by atoms with Crippen LogP contribution in [0.4, 0.5) is 0 Å². The van der Waals surface area contributed by atoms with E-state index < -0.39 is 97.5 Å². The van der Waals surface area contributed by atoms with E-state index in [2.05, 4.69) is 41.5 Å². The van der Waals surface area contributed by atoms with Gasteiger partial charge in [0.05, 0.1) is 26.4 Å². The maximum absolute atomic E-state index is 13.1. The summed E-state index contributed by atoms with van der Waals surface area (Å²) in [4.78, 5) is 73.2. The van der Waals surface area contributed by atoms with Crippen molar-refractivity contribution in [1.29, 1.82) is 0 Å². The van der Waals surface area contributed by atoms with Crippen LogP contribution in [0.15, 0.2) is 0 Å². The molecule has 0 aliphatic carbocycles. The van der Waals surface area contributed by atoms with Crippen LogP contribution in [0.3, 0.4) is 0 Å². The van der Waals surface area contributed by atoms with Gasteiger partial charge in [-0.05, 0) is 37.5 Å². The molecular weight excluding hydrogens is 1370 g/mol. The molecule has 0 aromatic heterocycles. The first-order chi connectivity index (χ1) is 50.9. The summed E-state index contributed by atoms with van der Waals surface area (Å²) in [6.45, 7) is 9.65. The number of ether oxygens (including phenoxy) is 4. The number of unbranched alkanes of at least 4 members (excludes halogenated alkanes) is 54. The Morgan fingerprint density at radius 2 is 0.486 bits per heavy atom. The molecule has 105 heavy (non-hydrogen) atoms. The zero-order chi connectivity index (χ0) is 77.1. The number of hydrogen-bond acceptors (Lipinski definition) is 15. The lowest BCUT2D eigenvalue weighted by Gasteiger charge is -2.21. The van der Waals surface area contributed by atoms with Gasteiger partial charge < -0.3 is 33.8 Å². The van der Waals surface area contributed by atoms with Crippen molar-refractivity contribution in [3.05, 3.63) is 0 Å².